The van der Waals surface area contributed by atoms with Crippen LogP contribution >= 0.6 is 0 Å². The van der Waals surface area contributed by atoms with Crippen LogP contribution in [-0.2, 0) is 4.74 Å². The van der Waals surface area contributed by atoms with Crippen molar-refractivity contribution in [2.24, 2.45) is 0 Å². The number of carbonyl (C=O) groups is 1. The Hall–Kier alpha value is -2.17. The number of esters is 1. The highest BCUT2D eigenvalue weighted by atomic mass is 16.5. The van der Waals surface area contributed by atoms with Gasteiger partial charge < -0.3 is 9.15 Å². The van der Waals surface area contributed by atoms with Crippen LogP contribution in [-0.4, -0.2) is 22.5 Å². The lowest BCUT2D eigenvalue weighted by Gasteiger charge is -2.11. The lowest BCUT2D eigenvalue weighted by Crippen LogP contribution is -2.12. The number of aromatic nitrogens is 2. The quantitative estimate of drug-likeness (QED) is 0.790. The van der Waals surface area contributed by atoms with Gasteiger partial charge in [0.05, 0.1) is 24.1 Å². The Morgan fingerprint density at radius 2 is 2.26 bits per heavy atom. The molecule has 100 valence electrons. The number of carbonyl (C=O) groups excluding carboxylic acids is 1. The predicted molar refractivity (Wildman–Crippen MR) is 69.8 cm³/mol. The largest absolute Gasteiger partial charge is 0.462 e. The van der Waals surface area contributed by atoms with Gasteiger partial charge in [0.1, 0.15) is 0 Å². The first-order chi connectivity index (χ1) is 9.13. The molecule has 5 heteroatoms. The van der Waals surface area contributed by atoms with Crippen LogP contribution in [0.25, 0.3) is 11.6 Å². The zero-order valence-electron chi connectivity index (χ0n) is 11.2. The van der Waals surface area contributed by atoms with E-state index in [1.165, 1.54) is 6.20 Å². The van der Waals surface area contributed by atoms with E-state index >= 15 is 0 Å². The highest BCUT2D eigenvalue weighted by molar-refractivity contribution is 5.90. The van der Waals surface area contributed by atoms with Gasteiger partial charge in [-0.05, 0) is 25.0 Å². The minimum Gasteiger partial charge on any atom is -0.462 e. The third-order valence-electron chi connectivity index (χ3n) is 2.60. The average molecular weight is 260 g/mol. The molecule has 0 radical (unpaired) electrons. The maximum Gasteiger partial charge on any atom is 0.341 e. The van der Waals surface area contributed by atoms with Gasteiger partial charge >= 0.3 is 5.97 Å². The van der Waals surface area contributed by atoms with Crippen molar-refractivity contribution in [3.8, 4) is 11.6 Å². The summed E-state index contributed by atoms with van der Waals surface area (Å²) in [5.41, 5.74) is 1.08. The van der Waals surface area contributed by atoms with E-state index in [0.29, 0.717) is 29.4 Å². The lowest BCUT2D eigenvalue weighted by atomic mass is 10.1. The van der Waals surface area contributed by atoms with E-state index in [4.69, 9.17) is 9.15 Å². The summed E-state index contributed by atoms with van der Waals surface area (Å²) in [6.45, 7) is 6.04. The molecule has 0 bridgehead atoms. The lowest BCUT2D eigenvalue weighted by molar-refractivity contribution is 0.0523. The van der Waals surface area contributed by atoms with Gasteiger partial charge in [-0.3, -0.25) is 0 Å². The summed E-state index contributed by atoms with van der Waals surface area (Å²) in [5.74, 6) is 0.757. The van der Waals surface area contributed by atoms with Crippen LogP contribution in [0, 0.1) is 0 Å². The van der Waals surface area contributed by atoms with Crippen molar-refractivity contribution in [2.75, 3.05) is 6.61 Å². The van der Waals surface area contributed by atoms with Gasteiger partial charge in [-0.2, -0.15) is 0 Å². The minimum absolute atomic E-state index is 0.0936. The molecule has 0 atom stereocenters. The van der Waals surface area contributed by atoms with Crippen LogP contribution in [0.15, 0.2) is 29.0 Å². The number of furan rings is 1. The van der Waals surface area contributed by atoms with Gasteiger partial charge in [0.15, 0.2) is 11.6 Å². The molecule has 2 rings (SSSR count). The highest BCUT2D eigenvalue weighted by Gasteiger charge is 2.19. The molecular formula is C14H16N2O3. The molecule has 0 N–H and O–H groups in total. The predicted octanol–water partition coefficient (Wildman–Crippen LogP) is 3.04. The topological polar surface area (TPSA) is 65.2 Å². The Balaban J connectivity index is 2.44. The van der Waals surface area contributed by atoms with Crippen LogP contribution in [0.5, 0.6) is 0 Å². The summed E-state index contributed by atoms with van der Waals surface area (Å²) in [5, 5.41) is 0. The van der Waals surface area contributed by atoms with Gasteiger partial charge in [0.2, 0.25) is 0 Å². The molecule has 0 aliphatic carbocycles. The van der Waals surface area contributed by atoms with Gasteiger partial charge in [-0.25, -0.2) is 14.8 Å². The van der Waals surface area contributed by atoms with E-state index in [1.54, 1.807) is 25.3 Å². The van der Waals surface area contributed by atoms with E-state index in [1.807, 2.05) is 13.8 Å². The first kappa shape index (κ1) is 13.3. The first-order valence-corrected chi connectivity index (χ1v) is 6.21. The molecule has 5 nitrogen and oxygen atoms in total. The molecule has 0 spiro atoms. The molecular weight excluding hydrogens is 244 g/mol. The Morgan fingerprint density at radius 1 is 1.47 bits per heavy atom. The second-order valence-corrected chi connectivity index (χ2v) is 4.34. The van der Waals surface area contributed by atoms with Crippen LogP contribution in [0.3, 0.4) is 0 Å². The molecule has 0 unspecified atom stereocenters. The molecule has 0 saturated carbocycles. The fourth-order valence-electron chi connectivity index (χ4n) is 1.73. The summed E-state index contributed by atoms with van der Waals surface area (Å²) in [7, 11) is 0. The van der Waals surface area contributed by atoms with E-state index in [0.717, 1.165) is 0 Å². The number of nitrogens with zero attached hydrogens (tertiary/aromatic N) is 2. The van der Waals surface area contributed by atoms with Gasteiger partial charge in [0, 0.05) is 6.20 Å². The Morgan fingerprint density at radius 3 is 2.84 bits per heavy atom. The second kappa shape index (κ2) is 5.65. The molecule has 19 heavy (non-hydrogen) atoms. The normalized spacial score (nSPS) is 10.7. The van der Waals surface area contributed by atoms with Crippen molar-refractivity contribution in [3.05, 3.63) is 35.9 Å². The molecule has 2 aromatic heterocycles. The third-order valence-corrected chi connectivity index (χ3v) is 2.60. The molecule has 0 fully saturated rings. The van der Waals surface area contributed by atoms with Gasteiger partial charge in [-0.1, -0.05) is 13.8 Å². The Kier molecular flexibility index (Phi) is 3.94. The first-order valence-electron chi connectivity index (χ1n) is 6.21. The molecule has 0 aliphatic rings. The SMILES string of the molecule is CCOC(=O)c1cnc(-c2ccco2)nc1C(C)C. The molecule has 0 aromatic carbocycles. The summed E-state index contributed by atoms with van der Waals surface area (Å²) >= 11 is 0. The average Bonchev–Trinajstić information content (AvgIpc) is 2.92. The summed E-state index contributed by atoms with van der Waals surface area (Å²) < 4.78 is 10.3. The fourth-order valence-corrected chi connectivity index (χ4v) is 1.73. The summed E-state index contributed by atoms with van der Waals surface area (Å²) in [6.07, 6.45) is 3.06. The minimum atomic E-state index is -0.391. The standard InChI is InChI=1S/C14H16N2O3/c1-4-18-14(17)10-8-15-13(11-6-5-7-19-11)16-12(10)9(2)3/h5-9H,4H2,1-3H3. The fraction of sp³-hybridized carbons (Fsp3) is 0.357. The monoisotopic (exact) mass is 260 g/mol. The van der Waals surface area contributed by atoms with E-state index < -0.39 is 5.97 Å². The number of rotatable bonds is 4. The van der Waals surface area contributed by atoms with Crippen molar-refractivity contribution in [1.82, 2.24) is 9.97 Å². The van der Waals surface area contributed by atoms with Gasteiger partial charge in [-0.15, -0.1) is 0 Å². The zero-order valence-corrected chi connectivity index (χ0v) is 11.2. The van der Waals surface area contributed by atoms with Gasteiger partial charge in [0.25, 0.3) is 0 Å². The maximum atomic E-state index is 11.8. The molecule has 2 heterocycles. The Labute approximate surface area is 111 Å². The molecule has 0 amide bonds. The van der Waals surface area contributed by atoms with Crippen molar-refractivity contribution in [3.63, 3.8) is 0 Å². The summed E-state index contributed by atoms with van der Waals surface area (Å²) in [4.78, 5) is 20.4. The van der Waals surface area contributed by atoms with Crippen LogP contribution < -0.4 is 0 Å². The van der Waals surface area contributed by atoms with E-state index in [-0.39, 0.29) is 5.92 Å². The highest BCUT2D eigenvalue weighted by Crippen LogP contribution is 2.22. The molecule has 2 aromatic rings. The molecule has 0 aliphatic heterocycles. The van der Waals surface area contributed by atoms with Crippen molar-refractivity contribution in [1.29, 1.82) is 0 Å². The van der Waals surface area contributed by atoms with Crippen LogP contribution in [0.4, 0.5) is 0 Å². The zero-order chi connectivity index (χ0) is 13.8. The number of hydrogen-bond acceptors (Lipinski definition) is 5. The van der Waals surface area contributed by atoms with Crippen molar-refractivity contribution >= 4 is 5.97 Å². The number of ether oxygens (including phenoxy) is 1. The Bertz CT molecular complexity index is 562. The second-order valence-electron chi connectivity index (χ2n) is 4.34. The summed E-state index contributed by atoms with van der Waals surface area (Å²) in [6, 6.07) is 3.55. The molecule has 0 saturated heterocycles. The van der Waals surface area contributed by atoms with Crippen molar-refractivity contribution in [2.45, 2.75) is 26.7 Å². The van der Waals surface area contributed by atoms with Crippen molar-refractivity contribution < 1.29 is 13.9 Å². The smallest absolute Gasteiger partial charge is 0.341 e. The maximum absolute atomic E-state index is 11.8. The van der Waals surface area contributed by atoms with E-state index in [9.17, 15) is 4.79 Å². The van der Waals surface area contributed by atoms with Crippen LogP contribution in [0.1, 0.15) is 42.7 Å². The number of hydrogen-bond donors (Lipinski definition) is 0. The van der Waals surface area contributed by atoms with E-state index in [2.05, 4.69) is 9.97 Å². The third kappa shape index (κ3) is 2.81. The van der Waals surface area contributed by atoms with Crippen LogP contribution in [0.2, 0.25) is 0 Å².